The van der Waals surface area contributed by atoms with Crippen molar-refractivity contribution in [2.24, 2.45) is 0 Å². The lowest BCUT2D eigenvalue weighted by Crippen LogP contribution is -2.45. The van der Waals surface area contributed by atoms with Crippen molar-refractivity contribution in [3.63, 3.8) is 0 Å². The fourth-order valence-electron chi connectivity index (χ4n) is 5.47. The first-order valence-corrected chi connectivity index (χ1v) is 22.9. The highest BCUT2D eigenvalue weighted by atomic mass is 31.2. The second kappa shape index (κ2) is 37.3. The molecule has 0 aromatic rings. The van der Waals surface area contributed by atoms with E-state index in [0.717, 1.165) is 57.8 Å². The van der Waals surface area contributed by atoms with E-state index >= 15 is 0 Å². The summed E-state index contributed by atoms with van der Waals surface area (Å²) >= 11 is 0. The summed E-state index contributed by atoms with van der Waals surface area (Å²) in [5, 5.41) is 13.7. The van der Waals surface area contributed by atoms with E-state index < -0.39 is 26.6 Å². The number of phosphoric ester groups is 1. The van der Waals surface area contributed by atoms with Gasteiger partial charge in [0.05, 0.1) is 39.9 Å². The minimum Gasteiger partial charge on any atom is -0.756 e. The third-order valence-electron chi connectivity index (χ3n) is 8.87. The number of aliphatic hydroxyl groups is 1. The molecule has 3 unspecified atom stereocenters. The molecular weight excluding hydrogens is 707 g/mol. The number of hydrogen-bond acceptors (Lipinski definition) is 6. The number of aliphatic hydroxyl groups excluding tert-OH is 1. The second-order valence-electron chi connectivity index (χ2n) is 15.3. The van der Waals surface area contributed by atoms with E-state index in [1.807, 2.05) is 39.4 Å². The van der Waals surface area contributed by atoms with E-state index in [1.165, 1.54) is 64.2 Å². The van der Waals surface area contributed by atoms with Crippen molar-refractivity contribution in [1.82, 2.24) is 5.32 Å². The number of nitrogens with one attached hydrogen (secondary N) is 1. The Hall–Kier alpha value is -2.32. The highest BCUT2D eigenvalue weighted by Gasteiger charge is 2.23. The molecule has 0 aliphatic carbocycles. The fraction of sp³-hybridized carbons (Fsp3) is 0.674. The number of carbonyl (C=O) groups excluding carboxylic acids is 1. The molecule has 3 atom stereocenters. The normalized spacial score (nSPS) is 15.3. The number of rotatable bonds is 37. The zero-order valence-corrected chi connectivity index (χ0v) is 36.5. The van der Waals surface area contributed by atoms with E-state index in [-0.39, 0.29) is 18.9 Å². The van der Waals surface area contributed by atoms with Crippen molar-refractivity contribution in [2.45, 2.75) is 161 Å². The van der Waals surface area contributed by atoms with Gasteiger partial charge in [-0.2, -0.15) is 0 Å². The largest absolute Gasteiger partial charge is 0.756 e. The van der Waals surface area contributed by atoms with Gasteiger partial charge in [0, 0.05) is 6.42 Å². The maximum atomic E-state index is 12.8. The van der Waals surface area contributed by atoms with Gasteiger partial charge in [-0.1, -0.05) is 170 Å². The van der Waals surface area contributed by atoms with Crippen molar-refractivity contribution in [3.05, 3.63) is 85.1 Å². The van der Waals surface area contributed by atoms with Crippen LogP contribution in [0.15, 0.2) is 85.1 Å². The van der Waals surface area contributed by atoms with Crippen molar-refractivity contribution in [1.29, 1.82) is 0 Å². The Bertz CT molecular complexity index is 1170. The van der Waals surface area contributed by atoms with Crippen molar-refractivity contribution < 1.29 is 32.9 Å². The van der Waals surface area contributed by atoms with Crippen molar-refractivity contribution in [2.75, 3.05) is 40.9 Å². The molecule has 0 rings (SSSR count). The number of nitrogens with zero attached hydrogens (tertiary/aromatic N) is 1. The van der Waals surface area contributed by atoms with E-state index in [0.29, 0.717) is 17.4 Å². The maximum Gasteiger partial charge on any atom is 0.268 e. The zero-order valence-electron chi connectivity index (χ0n) is 35.6. The molecule has 0 saturated heterocycles. The third-order valence-corrected chi connectivity index (χ3v) is 9.84. The van der Waals surface area contributed by atoms with Gasteiger partial charge in [0.1, 0.15) is 13.2 Å². The summed E-state index contributed by atoms with van der Waals surface area (Å²) in [5.74, 6) is -0.284. The molecule has 8 nitrogen and oxygen atoms in total. The molecule has 0 aliphatic heterocycles. The SMILES string of the molecule is CC/C=C\C/C=C\C/C=C\C/C=C\C/C=C\C/C=C\CCC(=O)NC(COP(=O)([O-])OCC[N+](C)(C)C)C(O)/C=C/CCCCCCCCCCCCCC. The molecule has 316 valence electrons. The number of phosphoric acid groups is 1. The van der Waals surface area contributed by atoms with Crippen LogP contribution in [0.4, 0.5) is 0 Å². The Balaban J connectivity index is 4.61. The number of unbranched alkanes of at least 4 members (excludes halogenated alkanes) is 12. The average molecular weight is 789 g/mol. The number of hydrogen-bond donors (Lipinski definition) is 2. The van der Waals surface area contributed by atoms with Crippen LogP contribution in [-0.2, 0) is 18.4 Å². The Morgan fingerprint density at radius 3 is 1.58 bits per heavy atom. The van der Waals surface area contributed by atoms with Gasteiger partial charge >= 0.3 is 0 Å². The molecule has 0 aliphatic rings. The maximum absolute atomic E-state index is 12.8. The summed E-state index contributed by atoms with van der Waals surface area (Å²) in [6, 6.07) is -0.930. The lowest BCUT2D eigenvalue weighted by atomic mass is 10.0. The van der Waals surface area contributed by atoms with Gasteiger partial charge in [0.2, 0.25) is 5.91 Å². The average Bonchev–Trinajstić information content (AvgIpc) is 3.13. The zero-order chi connectivity index (χ0) is 40.7. The van der Waals surface area contributed by atoms with Gasteiger partial charge in [-0.3, -0.25) is 9.36 Å². The lowest BCUT2D eigenvalue weighted by Gasteiger charge is -2.29. The van der Waals surface area contributed by atoms with Crippen molar-refractivity contribution >= 4 is 13.7 Å². The van der Waals surface area contributed by atoms with Gasteiger partial charge in [0.15, 0.2) is 0 Å². The van der Waals surface area contributed by atoms with Crippen LogP contribution in [0.1, 0.15) is 149 Å². The summed E-state index contributed by atoms with van der Waals surface area (Å²) < 4.78 is 23.1. The first-order chi connectivity index (χ1) is 26.5. The van der Waals surface area contributed by atoms with Crippen LogP contribution in [0.3, 0.4) is 0 Å². The van der Waals surface area contributed by atoms with Gasteiger partial charge in [-0.15, -0.1) is 0 Å². The van der Waals surface area contributed by atoms with E-state index in [1.54, 1.807) is 6.08 Å². The van der Waals surface area contributed by atoms with E-state index in [2.05, 4.69) is 79.9 Å². The molecule has 0 radical (unpaired) electrons. The minimum atomic E-state index is -4.61. The Morgan fingerprint density at radius 2 is 1.11 bits per heavy atom. The quantitative estimate of drug-likeness (QED) is 0.0281. The summed E-state index contributed by atoms with van der Waals surface area (Å²) in [4.78, 5) is 25.2. The molecule has 2 N–H and O–H groups in total. The summed E-state index contributed by atoms with van der Waals surface area (Å²) in [7, 11) is 1.20. The van der Waals surface area contributed by atoms with Crippen LogP contribution in [0.5, 0.6) is 0 Å². The van der Waals surface area contributed by atoms with Crippen LogP contribution in [0, 0.1) is 0 Å². The highest BCUT2D eigenvalue weighted by molar-refractivity contribution is 7.45. The van der Waals surface area contributed by atoms with Gasteiger partial charge < -0.3 is 28.8 Å². The minimum absolute atomic E-state index is 0.0191. The number of amides is 1. The van der Waals surface area contributed by atoms with Crippen LogP contribution in [-0.4, -0.2) is 68.5 Å². The summed E-state index contributed by atoms with van der Waals surface area (Å²) in [6.45, 7) is 4.44. The first-order valence-electron chi connectivity index (χ1n) is 21.4. The molecule has 0 fully saturated rings. The predicted molar refractivity (Wildman–Crippen MR) is 233 cm³/mol. The predicted octanol–water partition coefficient (Wildman–Crippen LogP) is 11.2. The molecule has 0 saturated carbocycles. The molecular formula is C46H81N2O6P. The van der Waals surface area contributed by atoms with Gasteiger partial charge in [0.25, 0.3) is 7.82 Å². The van der Waals surface area contributed by atoms with Crippen molar-refractivity contribution in [3.8, 4) is 0 Å². The van der Waals surface area contributed by atoms with Gasteiger partial charge in [-0.05, 0) is 57.8 Å². The van der Waals surface area contributed by atoms with Crippen LogP contribution < -0.4 is 10.2 Å². The molecule has 55 heavy (non-hydrogen) atoms. The smallest absolute Gasteiger partial charge is 0.268 e. The number of likely N-dealkylation sites (N-methyl/N-ethyl adjacent to an activating group) is 1. The monoisotopic (exact) mass is 789 g/mol. The van der Waals surface area contributed by atoms with Crippen LogP contribution in [0.25, 0.3) is 0 Å². The fourth-order valence-corrected chi connectivity index (χ4v) is 6.19. The number of quaternary nitrogens is 1. The number of carbonyl (C=O) groups is 1. The molecule has 0 aromatic carbocycles. The lowest BCUT2D eigenvalue weighted by molar-refractivity contribution is -0.870. The van der Waals surface area contributed by atoms with Gasteiger partial charge in [-0.25, -0.2) is 0 Å². The third kappa shape index (κ3) is 39.7. The van der Waals surface area contributed by atoms with Crippen LogP contribution in [0.2, 0.25) is 0 Å². The van der Waals surface area contributed by atoms with Crippen LogP contribution >= 0.6 is 7.82 Å². The van der Waals surface area contributed by atoms with E-state index in [9.17, 15) is 19.4 Å². The molecule has 0 spiro atoms. The summed E-state index contributed by atoms with van der Waals surface area (Å²) in [5.41, 5.74) is 0. The Labute approximate surface area is 337 Å². The molecule has 1 amide bonds. The molecule has 0 bridgehead atoms. The highest BCUT2D eigenvalue weighted by Crippen LogP contribution is 2.38. The molecule has 0 aromatic heterocycles. The Kier molecular flexibility index (Phi) is 35.7. The number of allylic oxidation sites excluding steroid dienone is 13. The topological polar surface area (TPSA) is 108 Å². The summed E-state index contributed by atoms with van der Waals surface area (Å²) in [6.07, 6.45) is 50.7. The first kappa shape index (κ1) is 52.7. The molecule has 0 heterocycles. The van der Waals surface area contributed by atoms with E-state index in [4.69, 9.17) is 9.05 Å². The Morgan fingerprint density at radius 1 is 0.655 bits per heavy atom. The molecule has 9 heteroatoms. The standard InChI is InChI=1S/C46H81N2O6P/c1-6-8-10-12-14-16-18-20-22-23-24-25-26-28-30-32-34-36-38-40-46(50)47-44(43-54-55(51,52)53-42-41-48(3,4)5)45(49)39-37-35-33-31-29-27-21-19-17-15-13-11-9-7-2/h8,10,14,16,20,22,24-25,28,30,34,36-37,39,44-45,49H,6-7,9,11-13,15,17-19,21,23,26-27,29,31-33,35,38,40-43H2,1-5H3,(H-,47,50,51,52)/b10-8-,16-14-,22-20-,25-24-,30-28-,36-34-,39-37+. The second-order valence-corrected chi connectivity index (χ2v) is 16.7.